The second kappa shape index (κ2) is 9.19. The van der Waals surface area contributed by atoms with E-state index in [2.05, 4.69) is 31.4 Å². The summed E-state index contributed by atoms with van der Waals surface area (Å²) < 4.78 is 6.58. The van der Waals surface area contributed by atoms with Gasteiger partial charge in [0.25, 0.3) is 0 Å². The van der Waals surface area contributed by atoms with Crippen molar-refractivity contribution >= 4 is 27.7 Å². The van der Waals surface area contributed by atoms with Crippen LogP contribution < -0.4 is 5.32 Å². The molecule has 0 aliphatic carbocycles. The van der Waals surface area contributed by atoms with Crippen LogP contribution in [0.4, 0.5) is 0 Å². The molecule has 2 N–H and O–H groups in total. The van der Waals surface area contributed by atoms with E-state index in [1.54, 1.807) is 0 Å². The normalized spacial score (nSPS) is 11.0. The van der Waals surface area contributed by atoms with Crippen molar-refractivity contribution in [2.24, 2.45) is 0 Å². The van der Waals surface area contributed by atoms with Gasteiger partial charge in [0, 0.05) is 23.4 Å². The van der Waals surface area contributed by atoms with Crippen LogP contribution in [0.15, 0.2) is 33.2 Å². The number of aliphatic hydroxyl groups is 1. The van der Waals surface area contributed by atoms with Crippen molar-refractivity contribution in [3.05, 3.63) is 34.6 Å². The summed E-state index contributed by atoms with van der Waals surface area (Å²) in [5.74, 6) is 3.11. The Hall–Kier alpha value is -0.890. The Morgan fingerprint density at radius 3 is 2.90 bits per heavy atom. The van der Waals surface area contributed by atoms with E-state index >= 15 is 0 Å². The van der Waals surface area contributed by atoms with E-state index in [4.69, 9.17) is 9.52 Å². The molecule has 0 aliphatic heterocycles. The molecule has 0 radical (unpaired) electrons. The fourth-order valence-corrected chi connectivity index (χ4v) is 2.96. The quantitative estimate of drug-likeness (QED) is 0.660. The van der Waals surface area contributed by atoms with Crippen LogP contribution in [0.3, 0.4) is 0 Å². The van der Waals surface area contributed by atoms with Crippen LogP contribution in [-0.2, 0) is 6.54 Å². The van der Waals surface area contributed by atoms with E-state index in [1.165, 1.54) is 0 Å². The topological polar surface area (TPSA) is 71.2 Å². The van der Waals surface area contributed by atoms with Gasteiger partial charge in [0.2, 0.25) is 11.8 Å². The number of halogens is 1. The highest BCUT2D eigenvalue weighted by Crippen LogP contribution is 2.26. The standard InChI is InChI=1S/C14H18BrN3O2S/c15-12-5-2-1-4-11(12)14-18-17-13(20-14)10-16-6-9-21-8-3-7-19/h1-2,4-5,16,19H,3,6-10H2. The fraction of sp³-hybridized carbons (Fsp3) is 0.429. The lowest BCUT2D eigenvalue weighted by Gasteiger charge is -2.01. The van der Waals surface area contributed by atoms with Crippen molar-refractivity contribution in [2.75, 3.05) is 24.7 Å². The van der Waals surface area contributed by atoms with Crippen LogP contribution in [-0.4, -0.2) is 40.0 Å². The Balaban J connectivity index is 1.75. The number of hydrogen-bond acceptors (Lipinski definition) is 6. The van der Waals surface area contributed by atoms with Gasteiger partial charge >= 0.3 is 0 Å². The van der Waals surface area contributed by atoms with Crippen molar-refractivity contribution < 1.29 is 9.52 Å². The van der Waals surface area contributed by atoms with E-state index in [1.807, 2.05) is 36.0 Å². The van der Waals surface area contributed by atoms with Gasteiger partial charge in [-0.25, -0.2) is 0 Å². The van der Waals surface area contributed by atoms with Crippen molar-refractivity contribution in [1.82, 2.24) is 15.5 Å². The van der Waals surface area contributed by atoms with E-state index in [0.29, 0.717) is 18.3 Å². The Morgan fingerprint density at radius 2 is 2.10 bits per heavy atom. The molecule has 0 aliphatic rings. The van der Waals surface area contributed by atoms with Crippen LogP contribution in [0.25, 0.3) is 11.5 Å². The summed E-state index contributed by atoms with van der Waals surface area (Å²) in [4.78, 5) is 0. The summed E-state index contributed by atoms with van der Waals surface area (Å²) in [5, 5.41) is 20.0. The molecule has 0 saturated heterocycles. The Morgan fingerprint density at radius 1 is 1.24 bits per heavy atom. The molecule has 0 spiro atoms. The third-order valence-electron chi connectivity index (χ3n) is 2.72. The maximum Gasteiger partial charge on any atom is 0.248 e. The molecule has 0 amide bonds. The molecule has 1 heterocycles. The highest BCUT2D eigenvalue weighted by atomic mass is 79.9. The zero-order valence-corrected chi connectivity index (χ0v) is 14.0. The van der Waals surface area contributed by atoms with Crippen LogP contribution in [0.1, 0.15) is 12.3 Å². The summed E-state index contributed by atoms with van der Waals surface area (Å²) in [5.41, 5.74) is 0.899. The lowest BCUT2D eigenvalue weighted by molar-refractivity contribution is 0.296. The second-order valence-electron chi connectivity index (χ2n) is 4.35. The van der Waals surface area contributed by atoms with Gasteiger partial charge in [-0.05, 0) is 40.2 Å². The molecule has 0 unspecified atom stereocenters. The highest BCUT2D eigenvalue weighted by molar-refractivity contribution is 9.10. The third-order valence-corrected chi connectivity index (χ3v) is 4.48. The van der Waals surface area contributed by atoms with Gasteiger partial charge in [-0.2, -0.15) is 11.8 Å². The average Bonchev–Trinajstić information content (AvgIpc) is 2.95. The number of benzene rings is 1. The van der Waals surface area contributed by atoms with Gasteiger partial charge in [-0.3, -0.25) is 0 Å². The van der Waals surface area contributed by atoms with Crippen LogP contribution >= 0.6 is 27.7 Å². The van der Waals surface area contributed by atoms with Gasteiger partial charge in [-0.15, -0.1) is 10.2 Å². The molecule has 21 heavy (non-hydrogen) atoms. The number of nitrogens with one attached hydrogen (secondary N) is 1. The van der Waals surface area contributed by atoms with Crippen LogP contribution in [0.2, 0.25) is 0 Å². The summed E-state index contributed by atoms with van der Waals surface area (Å²) >= 11 is 5.29. The molecule has 114 valence electrons. The first-order chi connectivity index (χ1) is 10.3. The van der Waals surface area contributed by atoms with Crippen molar-refractivity contribution in [3.8, 4) is 11.5 Å². The lowest BCUT2D eigenvalue weighted by atomic mass is 10.2. The predicted molar refractivity (Wildman–Crippen MR) is 88.2 cm³/mol. The number of thioether (sulfide) groups is 1. The van der Waals surface area contributed by atoms with E-state index in [-0.39, 0.29) is 6.61 Å². The smallest absolute Gasteiger partial charge is 0.248 e. The molecule has 0 fully saturated rings. The van der Waals surface area contributed by atoms with Crippen molar-refractivity contribution in [2.45, 2.75) is 13.0 Å². The molecule has 1 aromatic heterocycles. The number of hydrogen-bond donors (Lipinski definition) is 2. The zero-order valence-electron chi connectivity index (χ0n) is 11.6. The van der Waals surface area contributed by atoms with Gasteiger partial charge in [0.15, 0.2) is 0 Å². The van der Waals surface area contributed by atoms with E-state index < -0.39 is 0 Å². The molecule has 2 rings (SSSR count). The van der Waals surface area contributed by atoms with Gasteiger partial charge < -0.3 is 14.8 Å². The number of rotatable bonds is 9. The molecule has 2 aromatic rings. The molecule has 0 saturated carbocycles. The largest absolute Gasteiger partial charge is 0.419 e. The molecule has 1 aromatic carbocycles. The average molecular weight is 372 g/mol. The Labute approximate surface area is 136 Å². The first-order valence-electron chi connectivity index (χ1n) is 6.78. The maximum absolute atomic E-state index is 8.67. The fourth-order valence-electron chi connectivity index (χ4n) is 1.68. The lowest BCUT2D eigenvalue weighted by Crippen LogP contribution is -2.17. The highest BCUT2D eigenvalue weighted by Gasteiger charge is 2.10. The Kier molecular flexibility index (Phi) is 7.21. The summed E-state index contributed by atoms with van der Waals surface area (Å²) in [7, 11) is 0. The van der Waals surface area contributed by atoms with Crippen LogP contribution in [0, 0.1) is 0 Å². The zero-order chi connectivity index (χ0) is 14.9. The van der Waals surface area contributed by atoms with E-state index in [0.717, 1.165) is 34.5 Å². The first-order valence-corrected chi connectivity index (χ1v) is 8.72. The first kappa shape index (κ1) is 16.5. The Bertz CT molecular complexity index is 551. The minimum absolute atomic E-state index is 0.264. The number of aliphatic hydroxyl groups excluding tert-OH is 1. The summed E-state index contributed by atoms with van der Waals surface area (Å²) in [6.07, 6.45) is 0.851. The molecular weight excluding hydrogens is 354 g/mol. The van der Waals surface area contributed by atoms with Crippen LogP contribution in [0.5, 0.6) is 0 Å². The SMILES string of the molecule is OCCCSCCNCc1nnc(-c2ccccc2Br)o1. The van der Waals surface area contributed by atoms with Gasteiger partial charge in [0.05, 0.1) is 12.1 Å². The molecular formula is C14H18BrN3O2S. The summed E-state index contributed by atoms with van der Waals surface area (Å²) in [6.45, 7) is 1.71. The predicted octanol–water partition coefficient (Wildman–Crippen LogP) is 2.70. The van der Waals surface area contributed by atoms with Crippen molar-refractivity contribution in [3.63, 3.8) is 0 Å². The molecule has 5 nitrogen and oxygen atoms in total. The van der Waals surface area contributed by atoms with E-state index in [9.17, 15) is 0 Å². The monoisotopic (exact) mass is 371 g/mol. The minimum atomic E-state index is 0.264. The minimum Gasteiger partial charge on any atom is -0.419 e. The second-order valence-corrected chi connectivity index (χ2v) is 6.43. The number of nitrogens with zero attached hydrogens (tertiary/aromatic N) is 2. The molecule has 0 atom stereocenters. The maximum atomic E-state index is 8.67. The molecule has 0 bridgehead atoms. The van der Waals surface area contributed by atoms with Gasteiger partial charge in [-0.1, -0.05) is 12.1 Å². The number of aromatic nitrogens is 2. The van der Waals surface area contributed by atoms with Crippen molar-refractivity contribution in [1.29, 1.82) is 0 Å². The van der Waals surface area contributed by atoms with Gasteiger partial charge in [0.1, 0.15) is 0 Å². The molecule has 7 heteroatoms. The third kappa shape index (κ3) is 5.43. The summed E-state index contributed by atoms with van der Waals surface area (Å²) in [6, 6.07) is 7.76.